The number of carbonyl (C=O) groups excluding carboxylic acids is 2. The van der Waals surface area contributed by atoms with E-state index in [2.05, 4.69) is 9.98 Å². The van der Waals surface area contributed by atoms with Crippen LogP contribution in [-0.4, -0.2) is 46.0 Å². The van der Waals surface area contributed by atoms with E-state index in [4.69, 9.17) is 23.2 Å². The number of halogens is 2. The van der Waals surface area contributed by atoms with E-state index in [-0.39, 0.29) is 40.1 Å². The minimum atomic E-state index is -1.04. The fourth-order valence-electron chi connectivity index (χ4n) is 4.00. The molecule has 0 bridgehead atoms. The minimum absolute atomic E-state index is 0.0667. The van der Waals surface area contributed by atoms with Crippen molar-refractivity contribution in [2.75, 3.05) is 11.4 Å². The van der Waals surface area contributed by atoms with Crippen molar-refractivity contribution in [1.82, 2.24) is 4.98 Å². The molecule has 1 aliphatic heterocycles. The lowest BCUT2D eigenvalue weighted by Gasteiger charge is -2.35. The van der Waals surface area contributed by atoms with Gasteiger partial charge in [0.25, 0.3) is 5.91 Å². The first-order valence-electron chi connectivity index (χ1n) is 10.2. The Morgan fingerprint density at radius 1 is 1.25 bits per heavy atom. The van der Waals surface area contributed by atoms with Crippen molar-refractivity contribution >= 4 is 52.3 Å². The lowest BCUT2D eigenvalue weighted by Crippen LogP contribution is -2.47. The number of carboxylic acids is 1. The molecule has 1 aromatic heterocycles. The summed E-state index contributed by atoms with van der Waals surface area (Å²) in [4.78, 5) is 46.5. The molecule has 1 atom stereocenters. The number of carbonyl (C=O) groups is 3. The highest BCUT2D eigenvalue weighted by Crippen LogP contribution is 2.35. The first kappa shape index (κ1) is 22.4. The Morgan fingerprint density at radius 3 is 2.53 bits per heavy atom. The summed E-state index contributed by atoms with van der Waals surface area (Å²) in [5, 5.41) is 10.0. The molecule has 1 fully saturated rings. The van der Waals surface area contributed by atoms with E-state index >= 15 is 0 Å². The molecule has 1 N–H and O–H groups in total. The number of hydrogen-bond donors (Lipinski definition) is 1. The summed E-state index contributed by atoms with van der Waals surface area (Å²) >= 11 is 12.3. The van der Waals surface area contributed by atoms with Crippen molar-refractivity contribution in [3.05, 3.63) is 57.3 Å². The summed E-state index contributed by atoms with van der Waals surface area (Å²) in [5.74, 6) is -1.27. The number of rotatable bonds is 5. The molecule has 1 amide bonds. The molecule has 7 nitrogen and oxygen atoms in total. The summed E-state index contributed by atoms with van der Waals surface area (Å²) in [6.45, 7) is 3.99. The summed E-state index contributed by atoms with van der Waals surface area (Å²) in [5.41, 5.74) is 2.62. The minimum Gasteiger partial charge on any atom is -0.480 e. The highest BCUT2D eigenvalue weighted by atomic mass is 35.5. The predicted octanol–water partition coefficient (Wildman–Crippen LogP) is 4.03. The standard InChI is InChI=1S/C23H21Cl2N3O4/c1-23(2)18(9-19(23)29)27-16(22(31)32)8-12-3-4-17-13(7-12)5-6-28(17)21(30)20-14(24)10-26-11-15(20)25/h3-4,7,10-11,16H,5-6,8-9H2,1-2H3,(H,31,32). The number of anilines is 1. The van der Waals surface area contributed by atoms with Crippen LogP contribution in [0.2, 0.25) is 10.0 Å². The van der Waals surface area contributed by atoms with E-state index in [1.165, 1.54) is 12.4 Å². The van der Waals surface area contributed by atoms with Gasteiger partial charge in [-0.3, -0.25) is 19.6 Å². The monoisotopic (exact) mass is 473 g/mol. The largest absolute Gasteiger partial charge is 0.480 e. The number of aromatic nitrogens is 1. The maximum Gasteiger partial charge on any atom is 0.328 e. The maximum absolute atomic E-state index is 13.1. The van der Waals surface area contributed by atoms with Gasteiger partial charge in [-0.1, -0.05) is 35.3 Å². The van der Waals surface area contributed by atoms with Crippen LogP contribution in [0, 0.1) is 5.41 Å². The van der Waals surface area contributed by atoms with E-state index in [1.54, 1.807) is 30.9 Å². The van der Waals surface area contributed by atoms with Gasteiger partial charge in [0.15, 0.2) is 6.04 Å². The Bertz CT molecular complexity index is 1160. The first-order chi connectivity index (χ1) is 15.1. The third-order valence-corrected chi connectivity index (χ3v) is 6.70. The molecular weight excluding hydrogens is 453 g/mol. The molecule has 0 saturated heterocycles. The van der Waals surface area contributed by atoms with Crippen molar-refractivity contribution in [1.29, 1.82) is 0 Å². The molecule has 2 heterocycles. The normalized spacial score (nSPS) is 18.9. The lowest BCUT2D eigenvalue weighted by molar-refractivity contribution is -0.138. The van der Waals surface area contributed by atoms with Gasteiger partial charge in [-0.2, -0.15) is 0 Å². The van der Waals surface area contributed by atoms with Gasteiger partial charge < -0.3 is 10.0 Å². The number of benzene rings is 1. The van der Waals surface area contributed by atoms with E-state index in [0.29, 0.717) is 18.7 Å². The molecule has 4 rings (SSSR count). The summed E-state index contributed by atoms with van der Waals surface area (Å²) in [6, 6.07) is 4.55. The molecule has 2 aliphatic rings. The van der Waals surface area contributed by atoms with Crippen LogP contribution in [0.5, 0.6) is 0 Å². The van der Waals surface area contributed by atoms with E-state index in [1.807, 2.05) is 6.07 Å². The smallest absolute Gasteiger partial charge is 0.328 e. The van der Waals surface area contributed by atoms with Gasteiger partial charge in [-0.05, 0) is 37.5 Å². The highest BCUT2D eigenvalue weighted by molar-refractivity contribution is 6.40. The van der Waals surface area contributed by atoms with Crippen LogP contribution in [0.1, 0.15) is 41.8 Å². The summed E-state index contributed by atoms with van der Waals surface area (Å²) in [6.07, 6.45) is 3.80. The van der Waals surface area contributed by atoms with Gasteiger partial charge in [-0.25, -0.2) is 4.79 Å². The molecule has 1 saturated carbocycles. The quantitative estimate of drug-likeness (QED) is 0.706. The van der Waals surface area contributed by atoms with Crippen LogP contribution in [0.3, 0.4) is 0 Å². The Labute approximate surface area is 195 Å². The Kier molecular flexibility index (Phi) is 5.81. The highest BCUT2D eigenvalue weighted by Gasteiger charge is 2.44. The zero-order chi connectivity index (χ0) is 23.2. The number of Topliss-reactive ketones (excluding diaryl/α,β-unsaturated/α-hetero) is 1. The van der Waals surface area contributed by atoms with Crippen molar-refractivity contribution in [3.8, 4) is 0 Å². The molecule has 1 unspecified atom stereocenters. The van der Waals surface area contributed by atoms with Gasteiger partial charge in [0, 0.05) is 43.2 Å². The molecule has 32 heavy (non-hydrogen) atoms. The Morgan fingerprint density at radius 2 is 1.94 bits per heavy atom. The number of carboxylic acid groups (broad SMARTS) is 1. The SMILES string of the molecule is CC1(C)C(=O)CC1=NC(Cc1ccc2c(c1)CCN2C(=O)c1c(Cl)cncc1Cl)C(=O)O. The number of amides is 1. The van der Waals surface area contributed by atoms with Gasteiger partial charge in [0.05, 0.1) is 21.0 Å². The molecule has 0 radical (unpaired) electrons. The van der Waals surface area contributed by atoms with Crippen LogP contribution in [-0.2, 0) is 22.4 Å². The van der Waals surface area contributed by atoms with Crippen LogP contribution >= 0.6 is 23.2 Å². The number of nitrogens with zero attached hydrogens (tertiary/aromatic N) is 3. The topological polar surface area (TPSA) is 99.9 Å². The zero-order valence-electron chi connectivity index (χ0n) is 17.6. The number of ketones is 1. The van der Waals surface area contributed by atoms with Crippen molar-refractivity contribution < 1.29 is 19.5 Å². The fraction of sp³-hybridized carbons (Fsp3) is 0.348. The number of hydrogen-bond acceptors (Lipinski definition) is 5. The van der Waals surface area contributed by atoms with Gasteiger partial charge in [0.2, 0.25) is 0 Å². The molecule has 1 aliphatic carbocycles. The fourth-order valence-corrected chi connectivity index (χ4v) is 4.52. The number of aliphatic imine (C=N–C) groups is 1. The molecule has 166 valence electrons. The van der Waals surface area contributed by atoms with Gasteiger partial charge in [0.1, 0.15) is 5.78 Å². The lowest BCUT2D eigenvalue weighted by atomic mass is 9.68. The second-order valence-corrected chi connectivity index (χ2v) is 9.32. The Balaban J connectivity index is 1.56. The van der Waals surface area contributed by atoms with E-state index in [0.717, 1.165) is 16.8 Å². The molecule has 0 spiro atoms. The van der Waals surface area contributed by atoms with Gasteiger partial charge >= 0.3 is 5.97 Å². The summed E-state index contributed by atoms with van der Waals surface area (Å²) < 4.78 is 0. The summed E-state index contributed by atoms with van der Waals surface area (Å²) in [7, 11) is 0. The maximum atomic E-state index is 13.1. The first-order valence-corrected chi connectivity index (χ1v) is 10.9. The molecule has 1 aromatic carbocycles. The average Bonchev–Trinajstić information content (AvgIpc) is 3.15. The Hall–Kier alpha value is -2.77. The van der Waals surface area contributed by atoms with Crippen LogP contribution in [0.4, 0.5) is 5.69 Å². The third-order valence-electron chi connectivity index (χ3n) is 6.12. The molecular formula is C23H21Cl2N3O4. The van der Waals surface area contributed by atoms with Crippen molar-refractivity contribution in [3.63, 3.8) is 0 Å². The van der Waals surface area contributed by atoms with Crippen LogP contribution < -0.4 is 4.90 Å². The van der Waals surface area contributed by atoms with Crippen LogP contribution in [0.15, 0.2) is 35.6 Å². The van der Waals surface area contributed by atoms with Crippen molar-refractivity contribution in [2.24, 2.45) is 10.4 Å². The number of pyridine rings is 1. The van der Waals surface area contributed by atoms with Crippen molar-refractivity contribution in [2.45, 2.75) is 39.2 Å². The van der Waals surface area contributed by atoms with Gasteiger partial charge in [-0.15, -0.1) is 0 Å². The number of aliphatic carboxylic acids is 1. The van der Waals surface area contributed by atoms with E-state index < -0.39 is 17.4 Å². The second-order valence-electron chi connectivity index (χ2n) is 8.51. The zero-order valence-corrected chi connectivity index (χ0v) is 19.1. The van der Waals surface area contributed by atoms with E-state index in [9.17, 15) is 19.5 Å². The van der Waals surface area contributed by atoms with Crippen LogP contribution in [0.25, 0.3) is 0 Å². The molecule has 2 aromatic rings. The number of fused-ring (bicyclic) bond motifs is 1. The molecule has 9 heteroatoms. The third kappa shape index (κ3) is 3.91. The average molecular weight is 474 g/mol. The predicted molar refractivity (Wildman–Crippen MR) is 122 cm³/mol. The second kappa shape index (κ2) is 8.30.